The van der Waals surface area contributed by atoms with E-state index in [1.165, 1.54) is 38.9 Å². The van der Waals surface area contributed by atoms with Crippen LogP contribution in [0.25, 0.3) is 0 Å². The molecule has 2 aliphatic rings. The Bertz CT molecular complexity index is 290. The van der Waals surface area contributed by atoms with Gasteiger partial charge in [0.2, 0.25) is 0 Å². The topological polar surface area (TPSA) is 18.5 Å². The average molecular weight is 267 g/mol. The second-order valence-electron chi connectivity index (χ2n) is 7.80. The summed E-state index contributed by atoms with van der Waals surface area (Å²) in [7, 11) is 4.51. The fourth-order valence-corrected chi connectivity index (χ4v) is 3.86. The summed E-state index contributed by atoms with van der Waals surface area (Å²) in [6.45, 7) is 12.0. The second kappa shape index (κ2) is 6.11. The molecule has 0 bridgehead atoms. The van der Waals surface area contributed by atoms with Gasteiger partial charge in [0.05, 0.1) is 0 Å². The van der Waals surface area contributed by atoms with Gasteiger partial charge >= 0.3 is 0 Å². The molecule has 3 nitrogen and oxygen atoms in total. The lowest BCUT2D eigenvalue weighted by Crippen LogP contribution is -2.55. The minimum Gasteiger partial charge on any atom is -0.312 e. The Balaban J connectivity index is 1.79. The molecule has 112 valence electrons. The molecule has 1 saturated carbocycles. The monoisotopic (exact) mass is 267 g/mol. The molecule has 3 atom stereocenters. The largest absolute Gasteiger partial charge is 0.312 e. The van der Waals surface area contributed by atoms with Gasteiger partial charge in [-0.25, -0.2) is 0 Å². The molecule has 0 spiro atoms. The Morgan fingerprint density at radius 1 is 1.21 bits per heavy atom. The number of hydrogen-bond donors (Lipinski definition) is 1. The quantitative estimate of drug-likeness (QED) is 0.844. The average Bonchev–Trinajstić information content (AvgIpc) is 2.31. The van der Waals surface area contributed by atoms with Gasteiger partial charge in [0.25, 0.3) is 0 Å². The van der Waals surface area contributed by atoms with Crippen LogP contribution in [-0.2, 0) is 0 Å². The molecule has 3 heteroatoms. The number of hydrogen-bond acceptors (Lipinski definition) is 3. The third-order valence-corrected chi connectivity index (χ3v) is 5.29. The van der Waals surface area contributed by atoms with Crippen molar-refractivity contribution in [1.29, 1.82) is 0 Å². The number of piperazine rings is 1. The molecular formula is C16H33N3. The molecule has 1 saturated heterocycles. The summed E-state index contributed by atoms with van der Waals surface area (Å²) in [4.78, 5) is 4.98. The lowest BCUT2D eigenvalue weighted by atomic mass is 9.70. The van der Waals surface area contributed by atoms with E-state index in [0.717, 1.165) is 18.5 Å². The summed E-state index contributed by atoms with van der Waals surface area (Å²) in [5, 5.41) is 3.86. The Morgan fingerprint density at radius 2 is 1.95 bits per heavy atom. The van der Waals surface area contributed by atoms with Gasteiger partial charge < -0.3 is 10.2 Å². The maximum absolute atomic E-state index is 3.86. The fraction of sp³-hybridized carbons (Fsp3) is 1.00. The fourth-order valence-electron chi connectivity index (χ4n) is 3.86. The lowest BCUT2D eigenvalue weighted by molar-refractivity contribution is 0.0981. The van der Waals surface area contributed by atoms with Crippen molar-refractivity contribution in [3.05, 3.63) is 0 Å². The summed E-state index contributed by atoms with van der Waals surface area (Å²) in [5.74, 6) is 0.815. The first-order valence-electron chi connectivity index (χ1n) is 7.99. The Morgan fingerprint density at radius 3 is 2.63 bits per heavy atom. The summed E-state index contributed by atoms with van der Waals surface area (Å²) >= 11 is 0. The van der Waals surface area contributed by atoms with Crippen LogP contribution in [0.5, 0.6) is 0 Å². The number of likely N-dealkylation sites (N-methyl/N-ethyl adjacent to an activating group) is 2. The van der Waals surface area contributed by atoms with Crippen molar-refractivity contribution in [2.75, 3.05) is 40.3 Å². The first-order chi connectivity index (χ1) is 8.87. The zero-order valence-corrected chi connectivity index (χ0v) is 13.6. The van der Waals surface area contributed by atoms with Crippen LogP contribution in [0.3, 0.4) is 0 Å². The van der Waals surface area contributed by atoms with Crippen LogP contribution in [0.4, 0.5) is 0 Å². The van der Waals surface area contributed by atoms with Gasteiger partial charge in [0, 0.05) is 38.3 Å². The smallest absolute Gasteiger partial charge is 0.0345 e. The highest BCUT2D eigenvalue weighted by Gasteiger charge is 2.32. The maximum atomic E-state index is 3.86. The molecule has 0 amide bonds. The molecule has 2 fully saturated rings. The molecule has 0 radical (unpaired) electrons. The van der Waals surface area contributed by atoms with E-state index in [0.29, 0.717) is 11.5 Å². The number of nitrogens with zero attached hydrogens (tertiary/aromatic N) is 2. The van der Waals surface area contributed by atoms with E-state index in [4.69, 9.17) is 0 Å². The molecule has 19 heavy (non-hydrogen) atoms. The second-order valence-corrected chi connectivity index (χ2v) is 7.80. The van der Waals surface area contributed by atoms with Crippen molar-refractivity contribution in [2.24, 2.45) is 11.3 Å². The molecule has 1 aliphatic heterocycles. The third kappa shape index (κ3) is 4.17. The van der Waals surface area contributed by atoms with Gasteiger partial charge in [-0.1, -0.05) is 20.8 Å². The van der Waals surface area contributed by atoms with Gasteiger partial charge in [-0.15, -0.1) is 0 Å². The van der Waals surface area contributed by atoms with E-state index in [9.17, 15) is 0 Å². The zero-order chi connectivity index (χ0) is 14.0. The molecule has 0 aromatic heterocycles. The van der Waals surface area contributed by atoms with E-state index in [2.05, 4.69) is 50.0 Å². The van der Waals surface area contributed by atoms with Gasteiger partial charge in [-0.3, -0.25) is 4.90 Å². The maximum Gasteiger partial charge on any atom is 0.0345 e. The van der Waals surface area contributed by atoms with E-state index in [1.54, 1.807) is 0 Å². The minimum absolute atomic E-state index is 0.555. The molecule has 1 aliphatic carbocycles. The van der Waals surface area contributed by atoms with Crippen LogP contribution in [0.2, 0.25) is 0 Å². The van der Waals surface area contributed by atoms with E-state index < -0.39 is 0 Å². The molecule has 0 aromatic carbocycles. The number of nitrogens with one attached hydrogen (secondary N) is 1. The Labute approximate surface area is 119 Å². The molecule has 3 unspecified atom stereocenters. The van der Waals surface area contributed by atoms with E-state index in [-0.39, 0.29) is 0 Å². The molecule has 1 heterocycles. The highest BCUT2D eigenvalue weighted by molar-refractivity contribution is 4.89. The Kier molecular flexibility index (Phi) is 4.91. The summed E-state index contributed by atoms with van der Waals surface area (Å²) < 4.78 is 0. The predicted molar refractivity (Wildman–Crippen MR) is 82.5 cm³/mol. The van der Waals surface area contributed by atoms with Crippen molar-refractivity contribution in [3.63, 3.8) is 0 Å². The number of rotatable bonds is 3. The molecule has 1 N–H and O–H groups in total. The molecule has 0 aromatic rings. The van der Waals surface area contributed by atoms with Crippen LogP contribution in [0.15, 0.2) is 0 Å². The van der Waals surface area contributed by atoms with Gasteiger partial charge in [-0.05, 0) is 44.7 Å². The van der Waals surface area contributed by atoms with Gasteiger partial charge in [-0.2, -0.15) is 0 Å². The first kappa shape index (κ1) is 15.3. The van der Waals surface area contributed by atoms with Crippen LogP contribution in [0, 0.1) is 11.3 Å². The highest BCUT2D eigenvalue weighted by atomic mass is 15.3. The Hall–Kier alpha value is -0.120. The van der Waals surface area contributed by atoms with Crippen molar-refractivity contribution in [3.8, 4) is 0 Å². The summed E-state index contributed by atoms with van der Waals surface area (Å²) in [6, 6.07) is 1.41. The highest BCUT2D eigenvalue weighted by Crippen LogP contribution is 2.38. The first-order valence-corrected chi connectivity index (χ1v) is 7.99. The van der Waals surface area contributed by atoms with Crippen LogP contribution < -0.4 is 5.32 Å². The molecular weight excluding hydrogens is 234 g/mol. The third-order valence-electron chi connectivity index (χ3n) is 5.29. The van der Waals surface area contributed by atoms with Crippen LogP contribution in [0.1, 0.15) is 40.0 Å². The van der Waals surface area contributed by atoms with E-state index >= 15 is 0 Å². The van der Waals surface area contributed by atoms with Crippen molar-refractivity contribution in [2.45, 2.75) is 52.1 Å². The van der Waals surface area contributed by atoms with Crippen molar-refractivity contribution in [1.82, 2.24) is 15.1 Å². The van der Waals surface area contributed by atoms with E-state index in [1.807, 2.05) is 0 Å². The molecule has 2 rings (SSSR count). The summed E-state index contributed by atoms with van der Waals surface area (Å²) in [6.07, 6.45) is 4.08. The normalized spacial score (nSPS) is 37.4. The van der Waals surface area contributed by atoms with Crippen LogP contribution >= 0.6 is 0 Å². The standard InChI is InChI=1S/C16H33N3/c1-13-10-16(2,3)7-6-15(13)17-11-14-12-18(4)8-9-19(14)5/h13-15,17H,6-12H2,1-5H3. The van der Waals surface area contributed by atoms with Crippen LogP contribution in [-0.4, -0.2) is 62.2 Å². The predicted octanol–water partition coefficient (Wildman–Crippen LogP) is 2.04. The lowest BCUT2D eigenvalue weighted by Gasteiger charge is -2.42. The SMILES string of the molecule is CC1CC(C)(C)CCC1NCC1CN(C)CCN1C. The minimum atomic E-state index is 0.555. The van der Waals surface area contributed by atoms with Gasteiger partial charge in [0.15, 0.2) is 0 Å². The van der Waals surface area contributed by atoms with Gasteiger partial charge in [0.1, 0.15) is 0 Å². The van der Waals surface area contributed by atoms with Crippen molar-refractivity contribution >= 4 is 0 Å². The van der Waals surface area contributed by atoms with Crippen molar-refractivity contribution < 1.29 is 0 Å². The zero-order valence-electron chi connectivity index (χ0n) is 13.6. The summed E-state index contributed by atoms with van der Waals surface area (Å²) in [5.41, 5.74) is 0.555.